The number of rotatable bonds is 2. The molecule has 0 saturated carbocycles. The number of halogens is 2. The molecule has 0 aliphatic carbocycles. The largest absolute Gasteiger partial charge is 0.466 e. The zero-order valence-corrected chi connectivity index (χ0v) is 11.0. The SMILES string of the molecule is CCOC(C)=O.CCOC(C)=O.ClCCl. The van der Waals surface area contributed by atoms with E-state index in [9.17, 15) is 9.59 Å². The third-order valence-corrected chi connectivity index (χ3v) is 0.695. The molecule has 15 heavy (non-hydrogen) atoms. The van der Waals surface area contributed by atoms with Crippen molar-refractivity contribution in [2.45, 2.75) is 27.7 Å². The molecule has 0 heterocycles. The molecule has 0 radical (unpaired) electrons. The summed E-state index contributed by atoms with van der Waals surface area (Å²) in [6.45, 7) is 7.31. The van der Waals surface area contributed by atoms with Crippen molar-refractivity contribution in [1.82, 2.24) is 0 Å². The van der Waals surface area contributed by atoms with E-state index in [1.165, 1.54) is 13.8 Å². The average Bonchev–Trinajstić information content (AvgIpc) is 2.05. The van der Waals surface area contributed by atoms with Gasteiger partial charge in [-0.25, -0.2) is 0 Å². The van der Waals surface area contributed by atoms with Crippen LogP contribution in [0, 0.1) is 0 Å². The summed E-state index contributed by atoms with van der Waals surface area (Å²) in [5.41, 5.74) is 0. The van der Waals surface area contributed by atoms with Crippen LogP contribution in [0.15, 0.2) is 0 Å². The molecule has 0 bridgehead atoms. The number of alkyl halides is 2. The molecule has 92 valence electrons. The summed E-state index contributed by atoms with van der Waals surface area (Å²) in [7, 11) is 0. The van der Waals surface area contributed by atoms with E-state index in [0.717, 1.165) is 0 Å². The Labute approximate surface area is 101 Å². The third kappa shape index (κ3) is 58.9. The van der Waals surface area contributed by atoms with Gasteiger partial charge in [-0.2, -0.15) is 0 Å². The Morgan fingerprint density at radius 2 is 1.13 bits per heavy atom. The maximum absolute atomic E-state index is 9.82. The summed E-state index contributed by atoms with van der Waals surface area (Å²) in [6, 6.07) is 0. The fourth-order valence-corrected chi connectivity index (χ4v) is 0.407. The van der Waals surface area contributed by atoms with Crippen LogP contribution in [0.25, 0.3) is 0 Å². The molecule has 0 aliphatic heterocycles. The van der Waals surface area contributed by atoms with Gasteiger partial charge in [0, 0.05) is 13.8 Å². The maximum atomic E-state index is 9.82. The smallest absolute Gasteiger partial charge is 0.302 e. The second-order valence-electron chi connectivity index (χ2n) is 1.95. The number of hydrogen-bond donors (Lipinski definition) is 0. The lowest BCUT2D eigenvalue weighted by Gasteiger charge is -1.89. The zero-order valence-electron chi connectivity index (χ0n) is 9.51. The number of esters is 2. The van der Waals surface area contributed by atoms with Crippen LogP contribution in [-0.2, 0) is 19.1 Å². The molecule has 0 atom stereocenters. The Hall–Kier alpha value is -0.480. The Bertz CT molecular complexity index is 135. The standard InChI is InChI=1S/2C4H8O2.CH2Cl2/c2*1-3-6-4(2)5;2-1-3/h2*3H2,1-2H3;1H2. The molecule has 0 aromatic heterocycles. The molecule has 0 saturated heterocycles. The molecule has 6 heteroatoms. The highest BCUT2D eigenvalue weighted by molar-refractivity contribution is 6.40. The Morgan fingerprint density at radius 1 is 0.933 bits per heavy atom. The van der Waals surface area contributed by atoms with Gasteiger partial charge < -0.3 is 9.47 Å². The summed E-state index contributed by atoms with van der Waals surface area (Å²) in [5.74, 6) is -0.421. The lowest BCUT2D eigenvalue weighted by atomic mass is 10.8. The van der Waals surface area contributed by atoms with Gasteiger partial charge in [0.15, 0.2) is 0 Å². The monoisotopic (exact) mass is 260 g/mol. The number of carbonyl (C=O) groups excluding carboxylic acids is 2. The summed E-state index contributed by atoms with van der Waals surface area (Å²) < 4.78 is 8.81. The third-order valence-electron chi connectivity index (χ3n) is 0.695. The van der Waals surface area contributed by atoms with Crippen molar-refractivity contribution in [3.8, 4) is 0 Å². The lowest BCUT2D eigenvalue weighted by Crippen LogP contribution is -1.95. The van der Waals surface area contributed by atoms with Crippen LogP contribution in [0.1, 0.15) is 27.7 Å². The van der Waals surface area contributed by atoms with E-state index >= 15 is 0 Å². The van der Waals surface area contributed by atoms with Crippen LogP contribution in [0.2, 0.25) is 0 Å². The summed E-state index contributed by atoms with van der Waals surface area (Å²) >= 11 is 9.53. The minimum atomic E-state index is -0.211. The zero-order chi connectivity index (χ0) is 12.7. The van der Waals surface area contributed by atoms with Gasteiger partial charge >= 0.3 is 11.9 Å². The van der Waals surface area contributed by atoms with Gasteiger partial charge in [0.2, 0.25) is 0 Å². The molecule has 0 spiro atoms. The number of carbonyl (C=O) groups is 2. The molecule has 4 nitrogen and oxygen atoms in total. The second-order valence-corrected chi connectivity index (χ2v) is 2.76. The van der Waals surface area contributed by atoms with Crippen molar-refractivity contribution in [1.29, 1.82) is 0 Å². The first-order chi connectivity index (χ1) is 6.95. The minimum absolute atomic E-state index is 0.194. The van der Waals surface area contributed by atoms with Crippen LogP contribution in [0.4, 0.5) is 0 Å². The van der Waals surface area contributed by atoms with Crippen LogP contribution in [0.3, 0.4) is 0 Å². The minimum Gasteiger partial charge on any atom is -0.466 e. The molecule has 0 aromatic rings. The summed E-state index contributed by atoms with van der Waals surface area (Å²) in [5, 5.41) is 0.194. The van der Waals surface area contributed by atoms with Crippen molar-refractivity contribution >= 4 is 35.1 Å². The van der Waals surface area contributed by atoms with E-state index in [0.29, 0.717) is 13.2 Å². The molecule has 0 unspecified atom stereocenters. The van der Waals surface area contributed by atoms with E-state index in [1.807, 2.05) is 0 Å². The van der Waals surface area contributed by atoms with Gasteiger partial charge in [0.25, 0.3) is 0 Å². The molecule has 0 N–H and O–H groups in total. The molecule has 0 amide bonds. The van der Waals surface area contributed by atoms with E-state index in [-0.39, 0.29) is 17.3 Å². The van der Waals surface area contributed by atoms with Crippen LogP contribution in [-0.4, -0.2) is 30.5 Å². The van der Waals surface area contributed by atoms with Crippen molar-refractivity contribution in [3.05, 3.63) is 0 Å². The molecule has 0 aromatic carbocycles. The fourth-order valence-electron chi connectivity index (χ4n) is 0.407. The van der Waals surface area contributed by atoms with Crippen LogP contribution >= 0.6 is 23.2 Å². The predicted molar refractivity (Wildman–Crippen MR) is 61.2 cm³/mol. The van der Waals surface area contributed by atoms with E-state index in [1.54, 1.807) is 13.8 Å². The molecule has 0 rings (SSSR count). The quantitative estimate of drug-likeness (QED) is 0.566. The van der Waals surface area contributed by atoms with Crippen molar-refractivity contribution < 1.29 is 19.1 Å². The van der Waals surface area contributed by atoms with E-state index < -0.39 is 0 Å². The van der Waals surface area contributed by atoms with Gasteiger partial charge in [0.1, 0.15) is 0 Å². The summed E-state index contributed by atoms with van der Waals surface area (Å²) in [6.07, 6.45) is 0. The second kappa shape index (κ2) is 19.1. The molecule has 0 aliphatic rings. The molecular formula is C9H18Cl2O4. The maximum Gasteiger partial charge on any atom is 0.302 e. The Morgan fingerprint density at radius 3 is 1.13 bits per heavy atom. The average molecular weight is 261 g/mol. The highest BCUT2D eigenvalue weighted by atomic mass is 35.5. The van der Waals surface area contributed by atoms with Gasteiger partial charge in [0.05, 0.1) is 18.6 Å². The highest BCUT2D eigenvalue weighted by Gasteiger charge is 1.82. The van der Waals surface area contributed by atoms with Gasteiger partial charge in [-0.3, -0.25) is 9.59 Å². The van der Waals surface area contributed by atoms with Crippen molar-refractivity contribution in [2.75, 3.05) is 18.6 Å². The number of ether oxygens (including phenoxy) is 2. The molecular weight excluding hydrogens is 243 g/mol. The van der Waals surface area contributed by atoms with Gasteiger partial charge in [-0.05, 0) is 13.8 Å². The molecule has 0 fully saturated rings. The summed E-state index contributed by atoms with van der Waals surface area (Å²) in [4.78, 5) is 19.6. The lowest BCUT2D eigenvalue weighted by molar-refractivity contribution is -0.141. The Balaban J connectivity index is -0.000000153. The first-order valence-electron chi connectivity index (χ1n) is 4.34. The van der Waals surface area contributed by atoms with Gasteiger partial charge in [-0.15, -0.1) is 23.2 Å². The van der Waals surface area contributed by atoms with E-state index in [4.69, 9.17) is 23.2 Å². The van der Waals surface area contributed by atoms with Crippen LogP contribution < -0.4 is 0 Å². The predicted octanol–water partition coefficient (Wildman–Crippen LogP) is 2.56. The van der Waals surface area contributed by atoms with Crippen molar-refractivity contribution in [3.63, 3.8) is 0 Å². The fraction of sp³-hybridized carbons (Fsp3) is 0.778. The van der Waals surface area contributed by atoms with E-state index in [2.05, 4.69) is 9.47 Å². The highest BCUT2D eigenvalue weighted by Crippen LogP contribution is 1.73. The topological polar surface area (TPSA) is 52.6 Å². The normalized spacial score (nSPS) is 7.33. The first-order valence-corrected chi connectivity index (χ1v) is 5.41. The van der Waals surface area contributed by atoms with Crippen LogP contribution in [0.5, 0.6) is 0 Å². The Kier molecular flexibility index (Phi) is 25.5. The first kappa shape index (κ1) is 20.0. The number of hydrogen-bond acceptors (Lipinski definition) is 4. The van der Waals surface area contributed by atoms with Crippen molar-refractivity contribution in [2.24, 2.45) is 0 Å². The van der Waals surface area contributed by atoms with Gasteiger partial charge in [-0.1, -0.05) is 0 Å².